The summed E-state index contributed by atoms with van der Waals surface area (Å²) in [7, 11) is 1.53. The summed E-state index contributed by atoms with van der Waals surface area (Å²) in [6.45, 7) is 1.86. The number of para-hydroxylation sites is 3. The molecule has 2 N–H and O–H groups in total. The van der Waals surface area contributed by atoms with Crippen LogP contribution in [0.1, 0.15) is 12.5 Å². The molecule has 0 spiro atoms. The summed E-state index contributed by atoms with van der Waals surface area (Å²) >= 11 is 1.12. The lowest BCUT2D eigenvalue weighted by Crippen LogP contribution is -2.12. The maximum atomic E-state index is 12.4. The predicted octanol–water partition coefficient (Wildman–Crippen LogP) is 4.59. The van der Waals surface area contributed by atoms with Gasteiger partial charge in [0.1, 0.15) is 33.6 Å². The van der Waals surface area contributed by atoms with Crippen molar-refractivity contribution >= 4 is 34.5 Å². The third-order valence-electron chi connectivity index (χ3n) is 3.90. The Kier molecular flexibility index (Phi) is 6.06. The van der Waals surface area contributed by atoms with E-state index in [1.54, 1.807) is 55.5 Å². The molecule has 0 atom stereocenters. The van der Waals surface area contributed by atoms with E-state index in [0.29, 0.717) is 26.9 Å². The number of phenols is 1. The molecule has 0 saturated carbocycles. The fraction of sp³-hybridized carbons (Fsp3) is 0.143. The smallest absolute Gasteiger partial charge is 0.344 e. The molecule has 7 heteroatoms. The molecule has 2 aromatic carbocycles. The summed E-state index contributed by atoms with van der Waals surface area (Å²) in [5, 5.41) is 21.0. The molecule has 0 fully saturated rings. The molecule has 3 rings (SSSR count). The van der Waals surface area contributed by atoms with Gasteiger partial charge in [0.2, 0.25) is 0 Å². The number of carbonyl (C=O) groups excluding carboxylic acids is 1. The highest BCUT2D eigenvalue weighted by molar-refractivity contribution is 8.18. The lowest BCUT2D eigenvalue weighted by atomic mass is 10.1. The number of aliphatic hydroxyl groups excluding tert-OH is 1. The molecular formula is C21H19NO5S. The minimum absolute atomic E-state index is 0.0144. The van der Waals surface area contributed by atoms with E-state index >= 15 is 0 Å². The van der Waals surface area contributed by atoms with E-state index < -0.39 is 5.97 Å². The van der Waals surface area contributed by atoms with E-state index in [9.17, 15) is 15.0 Å². The van der Waals surface area contributed by atoms with Gasteiger partial charge in [0.05, 0.1) is 18.6 Å². The van der Waals surface area contributed by atoms with Crippen molar-refractivity contribution in [3.63, 3.8) is 0 Å². The Morgan fingerprint density at radius 3 is 2.57 bits per heavy atom. The van der Waals surface area contributed by atoms with Crippen LogP contribution in [0.25, 0.3) is 6.08 Å². The lowest BCUT2D eigenvalue weighted by molar-refractivity contribution is -0.138. The molecule has 1 heterocycles. The Labute approximate surface area is 166 Å². The topological polar surface area (TPSA) is 88.4 Å². The van der Waals surface area contributed by atoms with Crippen LogP contribution in [0, 0.1) is 0 Å². The van der Waals surface area contributed by atoms with Crippen LogP contribution in [0.4, 0.5) is 5.69 Å². The van der Waals surface area contributed by atoms with Gasteiger partial charge < -0.3 is 19.7 Å². The molecule has 0 aromatic heterocycles. The Balaban J connectivity index is 2.09. The second-order valence-corrected chi connectivity index (χ2v) is 6.73. The number of aromatic hydroxyl groups is 1. The van der Waals surface area contributed by atoms with Gasteiger partial charge >= 0.3 is 5.97 Å². The third kappa shape index (κ3) is 4.04. The molecule has 0 saturated heterocycles. The SMILES string of the molecule is CCOC(=O)C1=C(O)/C(=C\c2ccccc2O)SC1=Nc1ccccc1OC. The molecule has 28 heavy (non-hydrogen) atoms. The molecule has 1 aliphatic rings. The first kappa shape index (κ1) is 19.6. The molecule has 2 aromatic rings. The van der Waals surface area contributed by atoms with Crippen LogP contribution in [0.15, 0.2) is 69.8 Å². The average molecular weight is 397 g/mol. The zero-order valence-electron chi connectivity index (χ0n) is 15.4. The number of methoxy groups -OCH3 is 1. The number of ether oxygens (including phenoxy) is 2. The zero-order valence-corrected chi connectivity index (χ0v) is 16.2. The molecule has 6 nitrogen and oxygen atoms in total. The number of carbonyl (C=O) groups is 1. The fourth-order valence-electron chi connectivity index (χ4n) is 2.57. The van der Waals surface area contributed by atoms with Crippen molar-refractivity contribution in [2.75, 3.05) is 13.7 Å². The summed E-state index contributed by atoms with van der Waals surface area (Å²) in [5.41, 5.74) is 1.02. The number of benzene rings is 2. The number of aliphatic imine (C=N–C) groups is 1. The van der Waals surface area contributed by atoms with Gasteiger partial charge in [-0.2, -0.15) is 0 Å². The molecule has 0 unspecified atom stereocenters. The van der Waals surface area contributed by atoms with E-state index in [0.717, 1.165) is 11.8 Å². The largest absolute Gasteiger partial charge is 0.507 e. The summed E-state index contributed by atoms with van der Waals surface area (Å²) in [4.78, 5) is 17.3. The Hall–Kier alpha value is -3.19. The van der Waals surface area contributed by atoms with Crippen molar-refractivity contribution in [1.82, 2.24) is 0 Å². The normalized spacial score (nSPS) is 16.6. The standard InChI is InChI=1S/C21H19NO5S/c1-3-27-21(25)18-19(24)17(12-13-8-4-6-10-15(13)23)28-20(18)22-14-9-5-7-11-16(14)26-2/h4-12,23-24H,3H2,1-2H3/b17-12+,22-20?. The van der Waals surface area contributed by atoms with Gasteiger partial charge in [0.15, 0.2) is 0 Å². The van der Waals surface area contributed by atoms with Gasteiger partial charge in [0, 0.05) is 5.56 Å². The molecule has 0 radical (unpaired) electrons. The number of phenolic OH excluding ortho intramolecular Hbond substituents is 1. The summed E-state index contributed by atoms with van der Waals surface area (Å²) in [6, 6.07) is 13.8. The Morgan fingerprint density at radius 1 is 1.14 bits per heavy atom. The summed E-state index contributed by atoms with van der Waals surface area (Å²) in [5.74, 6) is -0.296. The maximum absolute atomic E-state index is 12.4. The second kappa shape index (κ2) is 8.67. The van der Waals surface area contributed by atoms with Crippen LogP contribution in [-0.4, -0.2) is 34.9 Å². The first-order chi connectivity index (χ1) is 13.5. The number of thioether (sulfide) groups is 1. The van der Waals surface area contributed by atoms with Crippen LogP contribution in [0.5, 0.6) is 11.5 Å². The molecular weight excluding hydrogens is 378 g/mol. The Morgan fingerprint density at radius 2 is 1.86 bits per heavy atom. The highest BCUT2D eigenvalue weighted by Gasteiger charge is 2.33. The van der Waals surface area contributed by atoms with Gasteiger partial charge in [-0.1, -0.05) is 42.1 Å². The van der Waals surface area contributed by atoms with Crippen LogP contribution in [-0.2, 0) is 9.53 Å². The van der Waals surface area contributed by atoms with Crippen molar-refractivity contribution in [3.8, 4) is 11.5 Å². The summed E-state index contributed by atoms with van der Waals surface area (Å²) < 4.78 is 10.4. The minimum atomic E-state index is -0.665. The molecule has 144 valence electrons. The quantitative estimate of drug-likeness (QED) is 0.717. The average Bonchev–Trinajstić information content (AvgIpc) is 2.99. The number of rotatable bonds is 5. The van der Waals surface area contributed by atoms with Crippen molar-refractivity contribution in [2.45, 2.75) is 6.92 Å². The van der Waals surface area contributed by atoms with E-state index in [1.165, 1.54) is 7.11 Å². The van der Waals surface area contributed by atoms with Crippen molar-refractivity contribution in [3.05, 3.63) is 70.3 Å². The van der Waals surface area contributed by atoms with Crippen molar-refractivity contribution < 1.29 is 24.5 Å². The number of hydrogen-bond acceptors (Lipinski definition) is 7. The monoisotopic (exact) mass is 397 g/mol. The molecule has 0 aliphatic carbocycles. The fourth-order valence-corrected chi connectivity index (χ4v) is 3.59. The van der Waals surface area contributed by atoms with Crippen LogP contribution < -0.4 is 4.74 Å². The predicted molar refractivity (Wildman–Crippen MR) is 110 cm³/mol. The first-order valence-corrected chi connectivity index (χ1v) is 9.37. The van der Waals surface area contributed by atoms with Gasteiger partial charge in [-0.15, -0.1) is 0 Å². The van der Waals surface area contributed by atoms with Crippen molar-refractivity contribution in [2.24, 2.45) is 4.99 Å². The van der Waals surface area contributed by atoms with Crippen LogP contribution in [0.3, 0.4) is 0 Å². The van der Waals surface area contributed by atoms with Crippen LogP contribution >= 0.6 is 11.8 Å². The minimum Gasteiger partial charge on any atom is -0.507 e. The number of esters is 1. The number of hydrogen-bond donors (Lipinski definition) is 2. The maximum Gasteiger partial charge on any atom is 0.344 e. The second-order valence-electron chi connectivity index (χ2n) is 5.70. The van der Waals surface area contributed by atoms with E-state index in [-0.39, 0.29) is 23.7 Å². The number of nitrogens with zero attached hydrogens (tertiary/aromatic N) is 1. The Bertz CT molecular complexity index is 994. The van der Waals surface area contributed by atoms with Gasteiger partial charge in [-0.25, -0.2) is 9.79 Å². The number of aliphatic hydroxyl groups is 1. The third-order valence-corrected chi connectivity index (χ3v) is 4.92. The molecule has 0 amide bonds. The van der Waals surface area contributed by atoms with Crippen LogP contribution in [0.2, 0.25) is 0 Å². The van der Waals surface area contributed by atoms with Gasteiger partial charge in [0.25, 0.3) is 0 Å². The zero-order chi connectivity index (χ0) is 20.1. The summed E-state index contributed by atoms with van der Waals surface area (Å²) in [6.07, 6.45) is 1.60. The highest BCUT2D eigenvalue weighted by atomic mass is 32.2. The van der Waals surface area contributed by atoms with E-state index in [1.807, 2.05) is 6.07 Å². The molecule has 0 bridgehead atoms. The van der Waals surface area contributed by atoms with Gasteiger partial charge in [-0.05, 0) is 31.2 Å². The molecule has 1 aliphatic heterocycles. The van der Waals surface area contributed by atoms with Crippen molar-refractivity contribution in [1.29, 1.82) is 0 Å². The lowest BCUT2D eigenvalue weighted by Gasteiger charge is -2.06. The van der Waals surface area contributed by atoms with Gasteiger partial charge in [-0.3, -0.25) is 0 Å². The van der Waals surface area contributed by atoms with E-state index in [4.69, 9.17) is 9.47 Å². The first-order valence-electron chi connectivity index (χ1n) is 8.55. The highest BCUT2D eigenvalue weighted by Crippen LogP contribution is 2.42. The van der Waals surface area contributed by atoms with E-state index in [2.05, 4.69) is 4.99 Å².